The van der Waals surface area contributed by atoms with E-state index >= 15 is 0 Å². The first-order chi connectivity index (χ1) is 7.66. The second-order valence-electron chi connectivity index (χ2n) is 4.47. The van der Waals surface area contributed by atoms with E-state index in [0.29, 0.717) is 17.3 Å². The third-order valence-electron chi connectivity index (χ3n) is 3.10. The van der Waals surface area contributed by atoms with Crippen LogP contribution in [-0.2, 0) is 7.05 Å². The van der Waals surface area contributed by atoms with Gasteiger partial charge in [0.15, 0.2) is 5.69 Å². The molecule has 5 nitrogen and oxygen atoms in total. The molecule has 2 rings (SSSR count). The molecule has 0 aliphatic heterocycles. The minimum Gasteiger partial charge on any atom is -0.396 e. The Labute approximate surface area is 95.0 Å². The van der Waals surface area contributed by atoms with Crippen LogP contribution in [0.15, 0.2) is 6.20 Å². The molecule has 88 valence electrons. The van der Waals surface area contributed by atoms with Crippen LogP contribution in [0.25, 0.3) is 0 Å². The minimum absolute atomic E-state index is 0.162. The summed E-state index contributed by atoms with van der Waals surface area (Å²) in [5, 5.41) is 6.94. The van der Waals surface area contributed by atoms with Crippen molar-refractivity contribution >= 4 is 11.6 Å². The summed E-state index contributed by atoms with van der Waals surface area (Å²) in [6.07, 6.45) is 6.65. The first-order valence-corrected chi connectivity index (χ1v) is 5.74. The maximum atomic E-state index is 11.8. The summed E-state index contributed by atoms with van der Waals surface area (Å²) in [5.41, 5.74) is 6.45. The fourth-order valence-electron chi connectivity index (χ4n) is 2.22. The lowest BCUT2D eigenvalue weighted by atomic mass is 10.1. The van der Waals surface area contributed by atoms with Crippen molar-refractivity contribution < 1.29 is 4.79 Å². The first kappa shape index (κ1) is 11.0. The molecule has 16 heavy (non-hydrogen) atoms. The number of nitrogens with zero attached hydrogens (tertiary/aromatic N) is 2. The second kappa shape index (κ2) is 4.55. The average molecular weight is 222 g/mol. The van der Waals surface area contributed by atoms with Gasteiger partial charge in [0.05, 0.1) is 5.69 Å². The van der Waals surface area contributed by atoms with Crippen molar-refractivity contribution in [2.45, 2.75) is 25.7 Å². The van der Waals surface area contributed by atoms with Gasteiger partial charge in [0.1, 0.15) is 0 Å². The summed E-state index contributed by atoms with van der Waals surface area (Å²) in [5.74, 6) is 0.471. The molecule has 1 amide bonds. The molecule has 0 atom stereocenters. The quantitative estimate of drug-likeness (QED) is 0.798. The monoisotopic (exact) mass is 222 g/mol. The lowest BCUT2D eigenvalue weighted by Crippen LogP contribution is -2.29. The van der Waals surface area contributed by atoms with Crippen molar-refractivity contribution in [3.8, 4) is 0 Å². The standard InChI is InChI=1S/C11H18N4O/c1-15-7-9(12)10(14-15)11(16)13-6-8-4-2-3-5-8/h7-8H,2-6,12H2,1H3,(H,13,16). The van der Waals surface area contributed by atoms with Gasteiger partial charge < -0.3 is 11.1 Å². The van der Waals surface area contributed by atoms with E-state index in [-0.39, 0.29) is 5.91 Å². The highest BCUT2D eigenvalue weighted by atomic mass is 16.1. The number of carbonyl (C=O) groups is 1. The van der Waals surface area contributed by atoms with Gasteiger partial charge in [-0.25, -0.2) is 0 Å². The van der Waals surface area contributed by atoms with Crippen LogP contribution in [0, 0.1) is 5.92 Å². The zero-order valence-electron chi connectivity index (χ0n) is 9.57. The summed E-state index contributed by atoms with van der Waals surface area (Å²) in [6.45, 7) is 0.745. The zero-order valence-corrected chi connectivity index (χ0v) is 9.57. The number of carbonyl (C=O) groups excluding carboxylic acids is 1. The molecular formula is C11H18N4O. The highest BCUT2D eigenvalue weighted by Crippen LogP contribution is 2.23. The van der Waals surface area contributed by atoms with Gasteiger partial charge in [0, 0.05) is 19.8 Å². The number of nitrogen functional groups attached to an aromatic ring is 1. The largest absolute Gasteiger partial charge is 0.396 e. The van der Waals surface area contributed by atoms with E-state index in [9.17, 15) is 4.79 Å². The van der Waals surface area contributed by atoms with Gasteiger partial charge in [0.25, 0.3) is 5.91 Å². The van der Waals surface area contributed by atoms with E-state index in [0.717, 1.165) is 6.54 Å². The summed E-state index contributed by atoms with van der Waals surface area (Å²) in [7, 11) is 1.75. The minimum atomic E-state index is -0.162. The van der Waals surface area contributed by atoms with Crippen LogP contribution >= 0.6 is 0 Å². The number of hydrogen-bond donors (Lipinski definition) is 2. The van der Waals surface area contributed by atoms with E-state index < -0.39 is 0 Å². The van der Waals surface area contributed by atoms with Crippen LogP contribution in [0.4, 0.5) is 5.69 Å². The maximum Gasteiger partial charge on any atom is 0.273 e. The topological polar surface area (TPSA) is 72.9 Å². The Morgan fingerprint density at radius 2 is 2.31 bits per heavy atom. The third kappa shape index (κ3) is 2.35. The van der Waals surface area contributed by atoms with E-state index in [1.807, 2.05) is 0 Å². The molecule has 1 fully saturated rings. The van der Waals surface area contributed by atoms with E-state index in [1.165, 1.54) is 25.7 Å². The molecule has 1 aromatic rings. The first-order valence-electron chi connectivity index (χ1n) is 5.74. The summed E-state index contributed by atoms with van der Waals surface area (Å²) < 4.78 is 1.56. The summed E-state index contributed by atoms with van der Waals surface area (Å²) >= 11 is 0. The Kier molecular flexibility index (Phi) is 3.12. The van der Waals surface area contributed by atoms with Crippen LogP contribution in [0.3, 0.4) is 0 Å². The van der Waals surface area contributed by atoms with Crippen molar-refractivity contribution in [3.05, 3.63) is 11.9 Å². The van der Waals surface area contributed by atoms with Crippen LogP contribution in [0.1, 0.15) is 36.2 Å². The molecule has 0 bridgehead atoms. The van der Waals surface area contributed by atoms with Crippen LogP contribution in [0.2, 0.25) is 0 Å². The SMILES string of the molecule is Cn1cc(N)c(C(=O)NCC2CCCC2)n1. The lowest BCUT2D eigenvalue weighted by molar-refractivity contribution is 0.0942. The molecule has 5 heteroatoms. The fourth-order valence-corrected chi connectivity index (χ4v) is 2.22. The maximum absolute atomic E-state index is 11.8. The highest BCUT2D eigenvalue weighted by Gasteiger charge is 2.18. The van der Waals surface area contributed by atoms with E-state index in [1.54, 1.807) is 17.9 Å². The molecule has 0 radical (unpaired) electrons. The number of rotatable bonds is 3. The predicted molar refractivity (Wildman–Crippen MR) is 61.9 cm³/mol. The van der Waals surface area contributed by atoms with Gasteiger partial charge in [-0.15, -0.1) is 0 Å². The molecular weight excluding hydrogens is 204 g/mol. The molecule has 0 saturated heterocycles. The number of aryl methyl sites for hydroxylation is 1. The van der Waals surface area contributed by atoms with Gasteiger partial charge >= 0.3 is 0 Å². The van der Waals surface area contributed by atoms with E-state index in [4.69, 9.17) is 5.73 Å². The molecule has 0 spiro atoms. The Balaban J connectivity index is 1.90. The van der Waals surface area contributed by atoms with Crippen LogP contribution in [0.5, 0.6) is 0 Å². The number of hydrogen-bond acceptors (Lipinski definition) is 3. The molecule has 0 unspecified atom stereocenters. The van der Waals surface area contributed by atoms with Gasteiger partial charge in [-0.2, -0.15) is 5.10 Å². The van der Waals surface area contributed by atoms with Gasteiger partial charge in [-0.05, 0) is 18.8 Å². The van der Waals surface area contributed by atoms with Gasteiger partial charge in [-0.3, -0.25) is 9.48 Å². The molecule has 1 aliphatic carbocycles. The van der Waals surface area contributed by atoms with Crippen molar-refractivity contribution in [1.29, 1.82) is 0 Å². The van der Waals surface area contributed by atoms with Crippen molar-refractivity contribution in [2.75, 3.05) is 12.3 Å². The Hall–Kier alpha value is -1.52. The lowest BCUT2D eigenvalue weighted by Gasteiger charge is -2.09. The van der Waals surface area contributed by atoms with Crippen molar-refractivity contribution in [1.82, 2.24) is 15.1 Å². The van der Waals surface area contributed by atoms with Crippen molar-refractivity contribution in [2.24, 2.45) is 13.0 Å². The number of amides is 1. The Morgan fingerprint density at radius 3 is 2.88 bits per heavy atom. The molecule has 1 saturated carbocycles. The molecule has 0 aromatic carbocycles. The van der Waals surface area contributed by atoms with E-state index in [2.05, 4.69) is 10.4 Å². The second-order valence-corrected chi connectivity index (χ2v) is 4.47. The Bertz CT molecular complexity index is 379. The smallest absolute Gasteiger partial charge is 0.273 e. The van der Waals surface area contributed by atoms with Crippen LogP contribution in [-0.4, -0.2) is 22.2 Å². The molecule has 1 aromatic heterocycles. The van der Waals surface area contributed by atoms with Crippen molar-refractivity contribution in [3.63, 3.8) is 0 Å². The molecule has 1 aliphatic rings. The number of nitrogens with one attached hydrogen (secondary N) is 1. The summed E-state index contributed by atoms with van der Waals surface area (Å²) in [4.78, 5) is 11.8. The van der Waals surface area contributed by atoms with Gasteiger partial charge in [0.2, 0.25) is 0 Å². The fraction of sp³-hybridized carbons (Fsp3) is 0.636. The number of aromatic nitrogens is 2. The van der Waals surface area contributed by atoms with Crippen LogP contribution < -0.4 is 11.1 Å². The van der Waals surface area contributed by atoms with Gasteiger partial charge in [-0.1, -0.05) is 12.8 Å². The zero-order chi connectivity index (χ0) is 11.5. The number of nitrogens with two attached hydrogens (primary N) is 1. The number of anilines is 1. The summed E-state index contributed by atoms with van der Waals surface area (Å²) in [6, 6.07) is 0. The normalized spacial score (nSPS) is 16.6. The molecule has 1 heterocycles. The molecule has 3 N–H and O–H groups in total. The Morgan fingerprint density at radius 1 is 1.62 bits per heavy atom. The predicted octanol–water partition coefficient (Wildman–Crippen LogP) is 0.922. The third-order valence-corrected chi connectivity index (χ3v) is 3.10. The average Bonchev–Trinajstić information content (AvgIpc) is 2.84. The highest BCUT2D eigenvalue weighted by molar-refractivity contribution is 5.96.